The van der Waals surface area contributed by atoms with Crippen LogP contribution in [0.3, 0.4) is 0 Å². The van der Waals surface area contributed by atoms with Gasteiger partial charge >= 0.3 is 0 Å². The molecule has 4 nitrogen and oxygen atoms in total. The number of nitrogens with one attached hydrogen (secondary N) is 2. The second-order valence-corrected chi connectivity index (χ2v) is 7.06. The van der Waals surface area contributed by atoms with Crippen molar-refractivity contribution in [2.75, 3.05) is 18.9 Å². The molecule has 0 spiro atoms. The molecule has 0 heterocycles. The molecule has 19 heavy (non-hydrogen) atoms. The van der Waals surface area contributed by atoms with Gasteiger partial charge in [0.05, 0.1) is 4.90 Å². The van der Waals surface area contributed by atoms with Crippen molar-refractivity contribution < 1.29 is 8.42 Å². The van der Waals surface area contributed by atoms with Gasteiger partial charge in [0.15, 0.2) is 0 Å². The molecule has 0 bridgehead atoms. The summed E-state index contributed by atoms with van der Waals surface area (Å²) in [4.78, 5) is 0.331. The van der Waals surface area contributed by atoms with Crippen molar-refractivity contribution >= 4 is 15.7 Å². The molecule has 1 aliphatic carbocycles. The Morgan fingerprint density at radius 3 is 2.42 bits per heavy atom. The zero-order valence-electron chi connectivity index (χ0n) is 11.5. The molecule has 2 unspecified atom stereocenters. The van der Waals surface area contributed by atoms with Crippen molar-refractivity contribution in [2.45, 2.75) is 31.1 Å². The molecule has 2 N–H and O–H groups in total. The first-order chi connectivity index (χ1) is 9.03. The monoisotopic (exact) mass is 282 g/mol. The van der Waals surface area contributed by atoms with Crippen LogP contribution in [0.5, 0.6) is 0 Å². The Labute approximate surface area is 115 Å². The van der Waals surface area contributed by atoms with E-state index in [-0.39, 0.29) is 0 Å². The molecule has 106 valence electrons. The maximum absolute atomic E-state index is 12.2. The number of sulfonamides is 1. The maximum atomic E-state index is 12.2. The molecular formula is C14H22N2O2S. The van der Waals surface area contributed by atoms with Crippen LogP contribution in [0.4, 0.5) is 5.69 Å². The summed E-state index contributed by atoms with van der Waals surface area (Å²) in [6.45, 7) is 2.75. The number of anilines is 1. The fraction of sp³-hybridized carbons (Fsp3) is 0.571. The highest BCUT2D eigenvalue weighted by molar-refractivity contribution is 7.89. The maximum Gasteiger partial charge on any atom is 0.240 e. The number of benzene rings is 1. The quantitative estimate of drug-likeness (QED) is 0.872. The van der Waals surface area contributed by atoms with E-state index in [2.05, 4.69) is 17.0 Å². The van der Waals surface area contributed by atoms with Gasteiger partial charge in [0.25, 0.3) is 0 Å². The fourth-order valence-electron chi connectivity index (χ4n) is 2.63. The zero-order valence-corrected chi connectivity index (χ0v) is 12.3. The third kappa shape index (κ3) is 3.48. The van der Waals surface area contributed by atoms with E-state index in [1.54, 1.807) is 24.3 Å². The molecule has 1 fully saturated rings. The number of hydrogen-bond donors (Lipinski definition) is 2. The van der Waals surface area contributed by atoms with Crippen molar-refractivity contribution in [1.82, 2.24) is 4.72 Å². The minimum Gasteiger partial charge on any atom is -0.388 e. The van der Waals surface area contributed by atoms with Crippen LogP contribution >= 0.6 is 0 Å². The minimum absolute atomic E-state index is 0.331. The van der Waals surface area contributed by atoms with E-state index in [9.17, 15) is 8.42 Å². The molecule has 0 radical (unpaired) electrons. The summed E-state index contributed by atoms with van der Waals surface area (Å²) in [5, 5.41) is 2.97. The molecule has 1 aromatic rings. The van der Waals surface area contributed by atoms with E-state index in [4.69, 9.17) is 0 Å². The van der Waals surface area contributed by atoms with Crippen molar-refractivity contribution in [1.29, 1.82) is 0 Å². The molecule has 0 amide bonds. The molecular weight excluding hydrogens is 260 g/mol. The molecule has 1 aliphatic rings. The zero-order chi connectivity index (χ0) is 13.9. The van der Waals surface area contributed by atoms with Crippen LogP contribution in [0.1, 0.15) is 26.2 Å². The number of hydrogen-bond acceptors (Lipinski definition) is 3. The highest BCUT2D eigenvalue weighted by atomic mass is 32.2. The molecule has 2 rings (SSSR count). The standard InChI is InChI=1S/C14H22N2O2S/c1-11-4-3-5-12(11)10-16-19(17,18)14-8-6-13(15-2)7-9-14/h6-9,11-12,15-16H,3-5,10H2,1-2H3. The largest absolute Gasteiger partial charge is 0.388 e. The smallest absolute Gasteiger partial charge is 0.240 e. The van der Waals surface area contributed by atoms with Crippen LogP contribution in [0.2, 0.25) is 0 Å². The molecule has 2 atom stereocenters. The summed E-state index contributed by atoms with van der Waals surface area (Å²) in [5.74, 6) is 1.10. The van der Waals surface area contributed by atoms with E-state index >= 15 is 0 Å². The highest BCUT2D eigenvalue weighted by Gasteiger charge is 2.25. The highest BCUT2D eigenvalue weighted by Crippen LogP contribution is 2.30. The Morgan fingerprint density at radius 2 is 1.89 bits per heavy atom. The lowest BCUT2D eigenvalue weighted by atomic mass is 9.99. The normalized spacial score (nSPS) is 23.5. The summed E-state index contributed by atoms with van der Waals surface area (Å²) < 4.78 is 27.1. The van der Waals surface area contributed by atoms with Gasteiger partial charge in [0.2, 0.25) is 10.0 Å². The second kappa shape index (κ2) is 5.92. The fourth-order valence-corrected chi connectivity index (χ4v) is 3.72. The van der Waals surface area contributed by atoms with Gasteiger partial charge < -0.3 is 5.32 Å². The van der Waals surface area contributed by atoms with Crippen LogP contribution in [-0.2, 0) is 10.0 Å². The Bertz CT molecular complexity index is 511. The van der Waals surface area contributed by atoms with E-state index in [1.807, 2.05) is 7.05 Å². The summed E-state index contributed by atoms with van der Waals surface area (Å²) in [5.41, 5.74) is 0.906. The van der Waals surface area contributed by atoms with Crippen LogP contribution in [0, 0.1) is 11.8 Å². The molecule has 1 saturated carbocycles. The average Bonchev–Trinajstić information content (AvgIpc) is 2.82. The van der Waals surface area contributed by atoms with Gasteiger partial charge in [-0.3, -0.25) is 0 Å². The van der Waals surface area contributed by atoms with Gasteiger partial charge in [-0.25, -0.2) is 13.1 Å². The molecule has 1 aromatic carbocycles. The van der Waals surface area contributed by atoms with Crippen LogP contribution in [-0.4, -0.2) is 22.0 Å². The molecule has 0 saturated heterocycles. The predicted octanol–water partition coefficient (Wildman–Crippen LogP) is 2.44. The Kier molecular flexibility index (Phi) is 4.47. The molecule has 0 aliphatic heterocycles. The first-order valence-electron chi connectivity index (χ1n) is 6.80. The summed E-state index contributed by atoms with van der Waals surface area (Å²) in [7, 11) is -1.57. The van der Waals surface area contributed by atoms with Crippen LogP contribution in [0.15, 0.2) is 29.2 Å². The van der Waals surface area contributed by atoms with Gasteiger partial charge in [-0.05, 0) is 42.5 Å². The van der Waals surface area contributed by atoms with Crippen molar-refractivity contribution in [3.63, 3.8) is 0 Å². The third-order valence-electron chi connectivity index (χ3n) is 4.03. The predicted molar refractivity (Wildman–Crippen MR) is 77.7 cm³/mol. The lowest BCUT2D eigenvalue weighted by molar-refractivity contribution is 0.414. The Hall–Kier alpha value is -1.07. The Balaban J connectivity index is 2.01. The average molecular weight is 282 g/mol. The lowest BCUT2D eigenvalue weighted by Gasteiger charge is -2.16. The summed E-state index contributed by atoms with van der Waals surface area (Å²) in [6, 6.07) is 6.80. The summed E-state index contributed by atoms with van der Waals surface area (Å²) in [6.07, 6.45) is 3.55. The van der Waals surface area contributed by atoms with E-state index in [0.717, 1.165) is 12.1 Å². The minimum atomic E-state index is -3.37. The van der Waals surface area contributed by atoms with E-state index in [0.29, 0.717) is 23.3 Å². The van der Waals surface area contributed by atoms with Gasteiger partial charge in [0.1, 0.15) is 0 Å². The first-order valence-corrected chi connectivity index (χ1v) is 8.29. The van der Waals surface area contributed by atoms with Crippen molar-refractivity contribution in [3.05, 3.63) is 24.3 Å². The molecule has 5 heteroatoms. The lowest BCUT2D eigenvalue weighted by Crippen LogP contribution is -2.30. The van der Waals surface area contributed by atoms with E-state index < -0.39 is 10.0 Å². The Morgan fingerprint density at radius 1 is 1.21 bits per heavy atom. The van der Waals surface area contributed by atoms with Gasteiger partial charge in [-0.1, -0.05) is 19.8 Å². The molecule has 0 aromatic heterocycles. The van der Waals surface area contributed by atoms with Crippen LogP contribution < -0.4 is 10.0 Å². The topological polar surface area (TPSA) is 58.2 Å². The number of rotatable bonds is 5. The van der Waals surface area contributed by atoms with Crippen LogP contribution in [0.25, 0.3) is 0 Å². The van der Waals surface area contributed by atoms with Crippen molar-refractivity contribution in [2.24, 2.45) is 11.8 Å². The second-order valence-electron chi connectivity index (χ2n) is 5.29. The SMILES string of the molecule is CNc1ccc(S(=O)(=O)NCC2CCCC2C)cc1. The van der Waals surface area contributed by atoms with Crippen molar-refractivity contribution in [3.8, 4) is 0 Å². The first kappa shape index (κ1) is 14.3. The van der Waals surface area contributed by atoms with Gasteiger partial charge in [0, 0.05) is 19.3 Å². The van der Waals surface area contributed by atoms with E-state index in [1.165, 1.54) is 12.8 Å². The summed E-state index contributed by atoms with van der Waals surface area (Å²) >= 11 is 0. The van der Waals surface area contributed by atoms with Gasteiger partial charge in [-0.2, -0.15) is 0 Å². The van der Waals surface area contributed by atoms with Gasteiger partial charge in [-0.15, -0.1) is 0 Å². The third-order valence-corrected chi connectivity index (χ3v) is 5.47.